The zero-order valence-corrected chi connectivity index (χ0v) is 12.0. The largest absolute Gasteiger partial charge is 0.375 e. The van der Waals surface area contributed by atoms with E-state index < -0.39 is 10.7 Å². The van der Waals surface area contributed by atoms with Crippen LogP contribution >= 0.6 is 0 Å². The van der Waals surface area contributed by atoms with Crippen molar-refractivity contribution in [3.05, 3.63) is 69.0 Å². The Balaban J connectivity index is 2.27. The molecule has 0 amide bonds. The van der Waals surface area contributed by atoms with Crippen LogP contribution in [0.4, 0.5) is 15.8 Å². The van der Waals surface area contributed by atoms with Crippen molar-refractivity contribution in [1.82, 2.24) is 0 Å². The van der Waals surface area contributed by atoms with Crippen molar-refractivity contribution in [2.45, 2.75) is 26.8 Å². The van der Waals surface area contributed by atoms with Gasteiger partial charge in [0.05, 0.1) is 11.0 Å². The van der Waals surface area contributed by atoms with Gasteiger partial charge in [-0.25, -0.2) is 4.39 Å². The van der Waals surface area contributed by atoms with Gasteiger partial charge in [0.1, 0.15) is 11.5 Å². The van der Waals surface area contributed by atoms with Crippen molar-refractivity contribution in [2.24, 2.45) is 0 Å². The predicted octanol–water partition coefficient (Wildman–Crippen LogP) is 4.22. The van der Waals surface area contributed by atoms with Gasteiger partial charge in [0.25, 0.3) is 5.69 Å². The fourth-order valence-corrected chi connectivity index (χ4v) is 2.23. The van der Waals surface area contributed by atoms with Crippen LogP contribution in [0.5, 0.6) is 0 Å². The lowest BCUT2D eigenvalue weighted by Gasteiger charge is -2.11. The van der Waals surface area contributed by atoms with Gasteiger partial charge in [0.15, 0.2) is 0 Å². The van der Waals surface area contributed by atoms with E-state index in [2.05, 4.69) is 12.2 Å². The summed E-state index contributed by atoms with van der Waals surface area (Å²) in [6.07, 6.45) is 0.891. The molecule has 0 spiro atoms. The van der Waals surface area contributed by atoms with Crippen LogP contribution in [0.2, 0.25) is 0 Å². The molecule has 4 nitrogen and oxygen atoms in total. The summed E-state index contributed by atoms with van der Waals surface area (Å²) in [5.41, 5.74) is 2.74. The molecule has 0 saturated heterocycles. The number of anilines is 1. The number of hydrogen-bond donors (Lipinski definition) is 1. The fraction of sp³-hybridized carbons (Fsp3) is 0.250. The first kappa shape index (κ1) is 15.0. The summed E-state index contributed by atoms with van der Waals surface area (Å²) < 4.78 is 13.5. The van der Waals surface area contributed by atoms with E-state index in [1.807, 2.05) is 24.3 Å². The Morgan fingerprint density at radius 3 is 2.52 bits per heavy atom. The maximum atomic E-state index is 13.5. The first-order valence-electron chi connectivity index (χ1n) is 6.78. The molecule has 0 aliphatic carbocycles. The van der Waals surface area contributed by atoms with Crippen molar-refractivity contribution in [3.8, 4) is 0 Å². The molecule has 0 heterocycles. The van der Waals surface area contributed by atoms with E-state index in [-0.39, 0.29) is 5.69 Å². The van der Waals surface area contributed by atoms with Crippen molar-refractivity contribution < 1.29 is 9.31 Å². The number of aryl methyl sites for hydroxylation is 2. The maximum Gasteiger partial charge on any atom is 0.295 e. The van der Waals surface area contributed by atoms with E-state index in [1.165, 1.54) is 11.6 Å². The van der Waals surface area contributed by atoms with Crippen molar-refractivity contribution >= 4 is 11.4 Å². The second kappa shape index (κ2) is 6.35. The van der Waals surface area contributed by atoms with Crippen molar-refractivity contribution in [3.63, 3.8) is 0 Å². The average Bonchev–Trinajstić information content (AvgIpc) is 2.48. The third-order valence-electron chi connectivity index (χ3n) is 3.44. The predicted molar refractivity (Wildman–Crippen MR) is 80.9 cm³/mol. The highest BCUT2D eigenvalue weighted by Gasteiger charge is 2.17. The molecular formula is C16H17FN2O2. The Hall–Kier alpha value is -2.43. The quantitative estimate of drug-likeness (QED) is 0.662. The molecule has 0 unspecified atom stereocenters. The summed E-state index contributed by atoms with van der Waals surface area (Å²) in [6.45, 7) is 4.11. The van der Waals surface area contributed by atoms with E-state index in [9.17, 15) is 14.5 Å². The monoisotopic (exact) mass is 288 g/mol. The van der Waals surface area contributed by atoms with Crippen molar-refractivity contribution in [2.75, 3.05) is 5.32 Å². The lowest BCUT2D eigenvalue weighted by atomic mass is 10.1. The molecule has 0 bridgehead atoms. The first-order chi connectivity index (χ1) is 10.0. The molecule has 2 aromatic carbocycles. The fourth-order valence-electron chi connectivity index (χ4n) is 2.23. The van der Waals surface area contributed by atoms with E-state index >= 15 is 0 Å². The number of halogens is 1. The van der Waals surface area contributed by atoms with E-state index in [0.29, 0.717) is 17.8 Å². The number of nitro benzene ring substituents is 1. The van der Waals surface area contributed by atoms with E-state index in [0.717, 1.165) is 18.1 Å². The summed E-state index contributed by atoms with van der Waals surface area (Å²) in [4.78, 5) is 10.4. The molecule has 2 rings (SSSR count). The molecule has 0 saturated carbocycles. The second-order valence-corrected chi connectivity index (χ2v) is 4.85. The summed E-state index contributed by atoms with van der Waals surface area (Å²) in [5, 5.41) is 14.1. The van der Waals surface area contributed by atoms with Gasteiger partial charge in [-0.2, -0.15) is 0 Å². The molecule has 0 aliphatic heterocycles. The smallest absolute Gasteiger partial charge is 0.295 e. The van der Waals surface area contributed by atoms with Crippen LogP contribution in [-0.4, -0.2) is 4.92 Å². The average molecular weight is 288 g/mol. The molecule has 110 valence electrons. The molecule has 21 heavy (non-hydrogen) atoms. The highest BCUT2D eigenvalue weighted by Crippen LogP contribution is 2.28. The maximum absolute atomic E-state index is 13.5. The molecule has 0 aromatic heterocycles. The molecule has 2 aromatic rings. The second-order valence-electron chi connectivity index (χ2n) is 4.85. The molecule has 0 atom stereocenters. The van der Waals surface area contributed by atoms with Crippen LogP contribution in [0.1, 0.15) is 23.6 Å². The van der Waals surface area contributed by atoms with Gasteiger partial charge >= 0.3 is 0 Å². The first-order valence-corrected chi connectivity index (χ1v) is 6.78. The molecule has 1 N–H and O–H groups in total. The summed E-state index contributed by atoms with van der Waals surface area (Å²) >= 11 is 0. The van der Waals surface area contributed by atoms with Gasteiger partial charge in [-0.3, -0.25) is 10.1 Å². The lowest BCUT2D eigenvalue weighted by molar-refractivity contribution is -0.384. The standard InChI is InChI=1S/C16H17FN2O2/c1-3-12-6-4-5-7-13(12)10-18-15-8-11(2)14(17)9-16(15)19(20)21/h4-9,18H,3,10H2,1-2H3. The number of hydrogen-bond acceptors (Lipinski definition) is 3. The third-order valence-corrected chi connectivity index (χ3v) is 3.44. The van der Waals surface area contributed by atoms with E-state index in [4.69, 9.17) is 0 Å². The van der Waals surface area contributed by atoms with Crippen molar-refractivity contribution in [1.29, 1.82) is 0 Å². The number of nitro groups is 1. The van der Waals surface area contributed by atoms with Crippen LogP contribution in [-0.2, 0) is 13.0 Å². The molecule has 5 heteroatoms. The summed E-state index contributed by atoms with van der Waals surface area (Å²) in [6, 6.07) is 10.3. The zero-order valence-electron chi connectivity index (χ0n) is 12.0. The molecular weight excluding hydrogens is 271 g/mol. The highest BCUT2D eigenvalue weighted by molar-refractivity contribution is 5.63. The van der Waals surface area contributed by atoms with Crippen LogP contribution < -0.4 is 5.32 Å². The van der Waals surface area contributed by atoms with Crippen LogP contribution in [0.3, 0.4) is 0 Å². The van der Waals surface area contributed by atoms with Gasteiger partial charge in [-0.1, -0.05) is 31.2 Å². The van der Waals surface area contributed by atoms with Gasteiger partial charge < -0.3 is 5.32 Å². The lowest BCUT2D eigenvalue weighted by Crippen LogP contribution is -2.05. The van der Waals surface area contributed by atoms with Gasteiger partial charge in [-0.05, 0) is 36.1 Å². The molecule has 0 radical (unpaired) electrons. The minimum atomic E-state index is -0.573. The summed E-state index contributed by atoms with van der Waals surface area (Å²) in [5.74, 6) is -0.568. The van der Waals surface area contributed by atoms with Crippen LogP contribution in [0.25, 0.3) is 0 Å². The topological polar surface area (TPSA) is 55.2 Å². The highest BCUT2D eigenvalue weighted by atomic mass is 19.1. The minimum absolute atomic E-state index is 0.243. The number of rotatable bonds is 5. The van der Waals surface area contributed by atoms with Gasteiger partial charge in [-0.15, -0.1) is 0 Å². The van der Waals surface area contributed by atoms with Crippen LogP contribution in [0.15, 0.2) is 36.4 Å². The number of nitrogens with one attached hydrogen (secondary N) is 1. The van der Waals surface area contributed by atoms with Gasteiger partial charge in [0, 0.05) is 6.54 Å². The minimum Gasteiger partial charge on any atom is -0.375 e. The SMILES string of the molecule is CCc1ccccc1CNc1cc(C)c(F)cc1[N+](=O)[O-]. The molecule has 0 fully saturated rings. The van der Waals surface area contributed by atoms with Gasteiger partial charge in [0.2, 0.25) is 0 Å². The Labute approximate surface area is 122 Å². The Bertz CT molecular complexity index is 671. The molecule has 0 aliphatic rings. The number of benzene rings is 2. The number of nitrogens with zero attached hydrogens (tertiary/aromatic N) is 1. The Kier molecular flexibility index (Phi) is 4.52. The Morgan fingerprint density at radius 1 is 1.24 bits per heavy atom. The normalized spacial score (nSPS) is 10.4. The zero-order chi connectivity index (χ0) is 15.4. The third kappa shape index (κ3) is 3.37. The van der Waals surface area contributed by atoms with Crippen LogP contribution in [0, 0.1) is 22.9 Å². The summed E-state index contributed by atoms with van der Waals surface area (Å²) in [7, 11) is 0. The van der Waals surface area contributed by atoms with E-state index in [1.54, 1.807) is 6.92 Å². The Morgan fingerprint density at radius 2 is 1.90 bits per heavy atom.